The number of fused-ring (bicyclic) bond motifs is 1. The lowest BCUT2D eigenvalue weighted by Gasteiger charge is -2.53. The van der Waals surface area contributed by atoms with Crippen molar-refractivity contribution in [3.05, 3.63) is 29.1 Å². The Morgan fingerprint density at radius 3 is 3.09 bits per heavy atom. The standard InChI is InChI=1S/C16H22N4O2/c21-15(19-22)12-8-11-3-7-20(10-13(11)17-9-12)14-2-5-16(14)4-1-6-18-16/h8-9,14,18,22H,1-7,10H2,(H,19,21). The quantitative estimate of drug-likeness (QED) is 0.557. The van der Waals surface area contributed by atoms with Gasteiger partial charge in [0.2, 0.25) is 0 Å². The van der Waals surface area contributed by atoms with E-state index >= 15 is 0 Å². The van der Waals surface area contributed by atoms with E-state index in [2.05, 4.69) is 15.2 Å². The minimum absolute atomic E-state index is 0.355. The summed E-state index contributed by atoms with van der Waals surface area (Å²) < 4.78 is 0. The van der Waals surface area contributed by atoms with E-state index in [9.17, 15) is 4.79 Å². The molecule has 6 nitrogen and oxygen atoms in total. The van der Waals surface area contributed by atoms with Crippen LogP contribution in [0.1, 0.15) is 47.3 Å². The summed E-state index contributed by atoms with van der Waals surface area (Å²) in [6, 6.07) is 2.49. The SMILES string of the molecule is O=C(NO)c1cnc2c(c1)CCN(C1CCC13CCCN3)C2. The first-order valence-electron chi connectivity index (χ1n) is 8.13. The molecule has 2 aliphatic heterocycles. The molecule has 1 aromatic heterocycles. The number of hydrogen-bond acceptors (Lipinski definition) is 5. The van der Waals surface area contributed by atoms with Crippen molar-refractivity contribution in [1.29, 1.82) is 0 Å². The molecular weight excluding hydrogens is 280 g/mol. The van der Waals surface area contributed by atoms with Gasteiger partial charge >= 0.3 is 0 Å². The van der Waals surface area contributed by atoms with E-state index in [-0.39, 0.29) is 0 Å². The fourth-order valence-corrected chi connectivity index (χ4v) is 4.37. The van der Waals surface area contributed by atoms with Crippen LogP contribution in [0.4, 0.5) is 0 Å². The van der Waals surface area contributed by atoms with E-state index in [0.29, 0.717) is 17.1 Å². The van der Waals surface area contributed by atoms with Crippen molar-refractivity contribution in [1.82, 2.24) is 20.7 Å². The minimum Gasteiger partial charge on any atom is -0.310 e. The maximum absolute atomic E-state index is 11.5. The van der Waals surface area contributed by atoms with Gasteiger partial charge in [-0.3, -0.25) is 19.9 Å². The molecule has 3 N–H and O–H groups in total. The zero-order chi connectivity index (χ0) is 15.2. The van der Waals surface area contributed by atoms with Crippen LogP contribution in [-0.2, 0) is 13.0 Å². The van der Waals surface area contributed by atoms with Gasteiger partial charge in [-0.05, 0) is 50.3 Å². The van der Waals surface area contributed by atoms with Gasteiger partial charge in [0.15, 0.2) is 0 Å². The number of nitrogens with one attached hydrogen (secondary N) is 2. The summed E-state index contributed by atoms with van der Waals surface area (Å²) in [5, 5.41) is 12.5. The molecule has 0 aromatic carbocycles. The number of carbonyl (C=O) groups is 1. The highest BCUT2D eigenvalue weighted by Gasteiger charge is 2.51. The third-order valence-corrected chi connectivity index (χ3v) is 5.66. The number of hydrogen-bond donors (Lipinski definition) is 3. The van der Waals surface area contributed by atoms with E-state index in [0.717, 1.165) is 37.3 Å². The summed E-state index contributed by atoms with van der Waals surface area (Å²) in [5.41, 5.74) is 4.65. The topological polar surface area (TPSA) is 77.5 Å². The first kappa shape index (κ1) is 14.1. The van der Waals surface area contributed by atoms with E-state index in [1.807, 2.05) is 6.07 Å². The summed E-state index contributed by atoms with van der Waals surface area (Å²) in [7, 11) is 0. The van der Waals surface area contributed by atoms with Gasteiger partial charge in [0, 0.05) is 30.9 Å². The lowest BCUT2D eigenvalue weighted by atomic mass is 9.69. The summed E-state index contributed by atoms with van der Waals surface area (Å²) in [4.78, 5) is 18.5. The molecule has 6 heteroatoms. The molecule has 2 unspecified atom stereocenters. The second-order valence-corrected chi connectivity index (χ2v) is 6.73. The number of aromatic nitrogens is 1. The Bertz CT molecular complexity index is 598. The average Bonchev–Trinajstić information content (AvgIpc) is 3.05. The minimum atomic E-state index is -0.495. The smallest absolute Gasteiger partial charge is 0.276 e. The Hall–Kier alpha value is -1.50. The van der Waals surface area contributed by atoms with E-state index in [4.69, 9.17) is 5.21 Å². The van der Waals surface area contributed by atoms with Gasteiger partial charge in [0.25, 0.3) is 5.91 Å². The van der Waals surface area contributed by atoms with Crippen molar-refractivity contribution >= 4 is 5.91 Å². The Morgan fingerprint density at radius 2 is 2.41 bits per heavy atom. The van der Waals surface area contributed by atoms with Gasteiger partial charge in [-0.25, -0.2) is 5.48 Å². The Morgan fingerprint density at radius 1 is 1.50 bits per heavy atom. The van der Waals surface area contributed by atoms with Crippen LogP contribution in [-0.4, -0.2) is 45.7 Å². The molecule has 1 saturated carbocycles. The van der Waals surface area contributed by atoms with Crippen molar-refractivity contribution in [2.45, 2.75) is 50.2 Å². The molecule has 4 rings (SSSR count). The fraction of sp³-hybridized carbons (Fsp3) is 0.625. The zero-order valence-electron chi connectivity index (χ0n) is 12.6. The van der Waals surface area contributed by atoms with Crippen LogP contribution in [0.2, 0.25) is 0 Å². The zero-order valence-corrected chi connectivity index (χ0v) is 12.6. The number of carbonyl (C=O) groups excluding carboxylic acids is 1. The number of rotatable bonds is 2. The molecule has 1 aliphatic carbocycles. The third-order valence-electron chi connectivity index (χ3n) is 5.66. The van der Waals surface area contributed by atoms with Crippen LogP contribution in [0.3, 0.4) is 0 Å². The first-order chi connectivity index (χ1) is 10.7. The maximum atomic E-state index is 11.5. The van der Waals surface area contributed by atoms with Crippen molar-refractivity contribution in [2.75, 3.05) is 13.1 Å². The predicted octanol–water partition coefficient (Wildman–Crippen LogP) is 0.843. The Kier molecular flexibility index (Phi) is 3.40. The highest BCUT2D eigenvalue weighted by atomic mass is 16.5. The van der Waals surface area contributed by atoms with Gasteiger partial charge in [0.1, 0.15) is 0 Å². The molecule has 3 aliphatic rings. The number of pyridine rings is 1. The molecule has 1 amide bonds. The second-order valence-electron chi connectivity index (χ2n) is 6.73. The van der Waals surface area contributed by atoms with E-state index in [1.165, 1.54) is 25.7 Å². The highest BCUT2D eigenvalue weighted by molar-refractivity contribution is 5.93. The van der Waals surface area contributed by atoms with E-state index in [1.54, 1.807) is 11.7 Å². The normalized spacial score (nSPS) is 30.9. The molecule has 1 saturated heterocycles. The first-order valence-corrected chi connectivity index (χ1v) is 8.13. The third kappa shape index (κ3) is 2.14. The lowest BCUT2D eigenvalue weighted by Crippen LogP contribution is -2.65. The molecule has 2 atom stereocenters. The molecule has 3 heterocycles. The number of hydroxylamine groups is 1. The second kappa shape index (κ2) is 5.30. The number of amides is 1. The molecule has 0 bridgehead atoms. The van der Waals surface area contributed by atoms with Crippen LogP contribution in [0.5, 0.6) is 0 Å². The monoisotopic (exact) mass is 302 g/mol. The maximum Gasteiger partial charge on any atom is 0.276 e. The van der Waals surface area contributed by atoms with Gasteiger partial charge < -0.3 is 5.32 Å². The molecule has 22 heavy (non-hydrogen) atoms. The average molecular weight is 302 g/mol. The summed E-state index contributed by atoms with van der Waals surface area (Å²) in [5.74, 6) is -0.495. The Balaban J connectivity index is 1.51. The predicted molar refractivity (Wildman–Crippen MR) is 80.6 cm³/mol. The van der Waals surface area contributed by atoms with Crippen LogP contribution in [0, 0.1) is 0 Å². The largest absolute Gasteiger partial charge is 0.310 e. The van der Waals surface area contributed by atoms with Crippen LogP contribution in [0.15, 0.2) is 12.3 Å². The summed E-state index contributed by atoms with van der Waals surface area (Å²) in [6.45, 7) is 3.04. The van der Waals surface area contributed by atoms with E-state index < -0.39 is 5.91 Å². The Labute approximate surface area is 129 Å². The lowest BCUT2D eigenvalue weighted by molar-refractivity contribution is 0.0140. The van der Waals surface area contributed by atoms with Crippen LogP contribution >= 0.6 is 0 Å². The highest BCUT2D eigenvalue weighted by Crippen LogP contribution is 2.43. The molecule has 1 spiro atoms. The van der Waals surface area contributed by atoms with Crippen LogP contribution in [0.25, 0.3) is 0 Å². The van der Waals surface area contributed by atoms with Gasteiger partial charge in [-0.1, -0.05) is 0 Å². The molecule has 118 valence electrons. The molecule has 2 fully saturated rings. The van der Waals surface area contributed by atoms with Crippen molar-refractivity contribution in [3.63, 3.8) is 0 Å². The molecule has 1 aromatic rings. The van der Waals surface area contributed by atoms with Crippen molar-refractivity contribution in [3.8, 4) is 0 Å². The fourth-order valence-electron chi connectivity index (χ4n) is 4.37. The number of nitrogens with zero attached hydrogens (tertiary/aromatic N) is 2. The summed E-state index contributed by atoms with van der Waals surface area (Å²) in [6.07, 6.45) is 7.62. The molecule has 0 radical (unpaired) electrons. The van der Waals surface area contributed by atoms with Gasteiger partial charge in [0.05, 0.1) is 11.3 Å². The molecular formula is C16H22N4O2. The van der Waals surface area contributed by atoms with Gasteiger partial charge in [-0.2, -0.15) is 0 Å². The van der Waals surface area contributed by atoms with Crippen molar-refractivity contribution < 1.29 is 10.0 Å². The summed E-state index contributed by atoms with van der Waals surface area (Å²) >= 11 is 0. The van der Waals surface area contributed by atoms with Crippen molar-refractivity contribution in [2.24, 2.45) is 0 Å². The van der Waals surface area contributed by atoms with Gasteiger partial charge in [-0.15, -0.1) is 0 Å². The van der Waals surface area contributed by atoms with Crippen LogP contribution < -0.4 is 10.8 Å².